The fourth-order valence-electron chi connectivity index (χ4n) is 2.63. The van der Waals surface area contributed by atoms with Crippen LogP contribution >= 0.6 is 0 Å². The third-order valence-electron chi connectivity index (χ3n) is 4.44. The summed E-state index contributed by atoms with van der Waals surface area (Å²) >= 11 is 0. The van der Waals surface area contributed by atoms with Crippen LogP contribution in [0.2, 0.25) is 0 Å². The topological polar surface area (TPSA) is 80.3 Å². The SMILES string of the molecule is CC(C)C(=O)Nc1ccc(C(=O)NCc2ccc(OCc3cccnc3)cc2)cc1. The maximum Gasteiger partial charge on any atom is 0.251 e. The van der Waals surface area contributed by atoms with Crippen molar-refractivity contribution in [3.63, 3.8) is 0 Å². The molecule has 0 bridgehead atoms. The van der Waals surface area contributed by atoms with Crippen LogP contribution in [0.1, 0.15) is 35.3 Å². The number of nitrogens with zero attached hydrogens (tertiary/aromatic N) is 1. The fourth-order valence-corrected chi connectivity index (χ4v) is 2.63. The zero-order chi connectivity index (χ0) is 21.3. The van der Waals surface area contributed by atoms with E-state index in [9.17, 15) is 9.59 Å². The predicted octanol–water partition coefficient (Wildman–Crippen LogP) is 4.19. The molecule has 0 unspecified atom stereocenters. The molecule has 0 saturated heterocycles. The van der Waals surface area contributed by atoms with E-state index >= 15 is 0 Å². The van der Waals surface area contributed by atoms with E-state index < -0.39 is 0 Å². The molecule has 0 radical (unpaired) electrons. The zero-order valence-corrected chi connectivity index (χ0v) is 17.1. The van der Waals surface area contributed by atoms with E-state index in [1.807, 2.05) is 50.2 Å². The lowest BCUT2D eigenvalue weighted by molar-refractivity contribution is -0.118. The minimum atomic E-state index is -0.173. The van der Waals surface area contributed by atoms with Gasteiger partial charge in [-0.3, -0.25) is 14.6 Å². The van der Waals surface area contributed by atoms with Crippen LogP contribution in [0.15, 0.2) is 73.1 Å². The van der Waals surface area contributed by atoms with Crippen molar-refractivity contribution in [1.82, 2.24) is 10.3 Å². The summed E-state index contributed by atoms with van der Waals surface area (Å²) in [5, 5.41) is 5.70. The average molecular weight is 403 g/mol. The molecule has 0 spiro atoms. The molecule has 2 N–H and O–H groups in total. The van der Waals surface area contributed by atoms with Crippen LogP contribution in [0.4, 0.5) is 5.69 Å². The van der Waals surface area contributed by atoms with E-state index in [1.54, 1.807) is 36.7 Å². The van der Waals surface area contributed by atoms with Gasteiger partial charge in [-0.05, 0) is 48.0 Å². The summed E-state index contributed by atoms with van der Waals surface area (Å²) in [6.45, 7) is 4.53. The van der Waals surface area contributed by atoms with Crippen LogP contribution in [0, 0.1) is 5.92 Å². The number of benzene rings is 2. The molecule has 0 atom stereocenters. The van der Waals surface area contributed by atoms with Gasteiger partial charge in [0.25, 0.3) is 5.91 Å². The number of amides is 2. The lowest BCUT2D eigenvalue weighted by Gasteiger charge is -2.10. The van der Waals surface area contributed by atoms with Gasteiger partial charge < -0.3 is 15.4 Å². The van der Waals surface area contributed by atoms with E-state index in [-0.39, 0.29) is 17.7 Å². The Morgan fingerprint density at radius 3 is 2.33 bits per heavy atom. The molecular weight excluding hydrogens is 378 g/mol. The van der Waals surface area contributed by atoms with Gasteiger partial charge in [-0.2, -0.15) is 0 Å². The number of ether oxygens (including phenoxy) is 1. The highest BCUT2D eigenvalue weighted by molar-refractivity contribution is 5.96. The molecule has 3 rings (SSSR count). The van der Waals surface area contributed by atoms with Gasteiger partial charge in [-0.1, -0.05) is 32.0 Å². The van der Waals surface area contributed by atoms with Gasteiger partial charge in [0.05, 0.1) is 0 Å². The lowest BCUT2D eigenvalue weighted by Crippen LogP contribution is -2.23. The monoisotopic (exact) mass is 403 g/mol. The number of carbonyl (C=O) groups is 2. The van der Waals surface area contributed by atoms with Gasteiger partial charge >= 0.3 is 0 Å². The Kier molecular flexibility index (Phi) is 7.16. The quantitative estimate of drug-likeness (QED) is 0.591. The second kappa shape index (κ2) is 10.2. The summed E-state index contributed by atoms with van der Waals surface area (Å²) in [6, 6.07) is 18.3. The predicted molar refractivity (Wildman–Crippen MR) is 116 cm³/mol. The van der Waals surface area contributed by atoms with Crippen LogP contribution in [0.5, 0.6) is 5.75 Å². The number of aromatic nitrogens is 1. The van der Waals surface area contributed by atoms with Gasteiger partial charge in [-0.15, -0.1) is 0 Å². The second-order valence-electron chi connectivity index (χ2n) is 7.20. The normalized spacial score (nSPS) is 10.5. The van der Waals surface area contributed by atoms with Gasteiger partial charge in [0, 0.05) is 41.7 Å². The van der Waals surface area contributed by atoms with Crippen molar-refractivity contribution in [2.45, 2.75) is 27.0 Å². The summed E-state index contributed by atoms with van der Waals surface area (Å²) in [5.41, 5.74) is 3.18. The first-order chi connectivity index (χ1) is 14.5. The van der Waals surface area contributed by atoms with Crippen molar-refractivity contribution >= 4 is 17.5 Å². The van der Waals surface area contributed by atoms with Crippen LogP contribution in [-0.4, -0.2) is 16.8 Å². The van der Waals surface area contributed by atoms with Gasteiger partial charge in [-0.25, -0.2) is 0 Å². The molecule has 0 aliphatic rings. The molecule has 0 aliphatic heterocycles. The molecule has 2 aromatic carbocycles. The minimum Gasteiger partial charge on any atom is -0.489 e. The van der Waals surface area contributed by atoms with E-state index in [2.05, 4.69) is 15.6 Å². The third-order valence-corrected chi connectivity index (χ3v) is 4.44. The number of anilines is 1. The lowest BCUT2D eigenvalue weighted by atomic mass is 10.1. The molecule has 154 valence electrons. The van der Waals surface area contributed by atoms with Gasteiger partial charge in [0.2, 0.25) is 5.91 Å². The van der Waals surface area contributed by atoms with Crippen LogP contribution in [-0.2, 0) is 17.9 Å². The number of rotatable bonds is 8. The average Bonchev–Trinajstić information content (AvgIpc) is 2.78. The molecule has 3 aromatic rings. The largest absolute Gasteiger partial charge is 0.489 e. The van der Waals surface area contributed by atoms with Crippen molar-refractivity contribution in [1.29, 1.82) is 0 Å². The summed E-state index contributed by atoms with van der Waals surface area (Å²) < 4.78 is 5.74. The number of hydrogen-bond donors (Lipinski definition) is 2. The highest BCUT2D eigenvalue weighted by Crippen LogP contribution is 2.15. The Morgan fingerprint density at radius 2 is 1.70 bits per heavy atom. The first-order valence-corrected chi connectivity index (χ1v) is 9.81. The summed E-state index contributed by atoms with van der Waals surface area (Å²) in [5.74, 6) is 0.432. The summed E-state index contributed by atoms with van der Waals surface area (Å²) in [4.78, 5) is 28.1. The number of carbonyl (C=O) groups excluding carboxylic acids is 2. The van der Waals surface area contributed by atoms with Crippen LogP contribution in [0.25, 0.3) is 0 Å². The highest BCUT2D eigenvalue weighted by atomic mass is 16.5. The molecule has 1 aromatic heterocycles. The highest BCUT2D eigenvalue weighted by Gasteiger charge is 2.09. The van der Waals surface area contributed by atoms with Gasteiger partial charge in [0.1, 0.15) is 12.4 Å². The maximum absolute atomic E-state index is 12.4. The first kappa shape index (κ1) is 21.0. The maximum atomic E-state index is 12.4. The fraction of sp³-hybridized carbons (Fsp3) is 0.208. The Labute approximate surface area is 176 Å². The summed E-state index contributed by atoms with van der Waals surface area (Å²) in [6.07, 6.45) is 3.50. The smallest absolute Gasteiger partial charge is 0.251 e. The molecular formula is C24H25N3O3. The Balaban J connectivity index is 1.47. The first-order valence-electron chi connectivity index (χ1n) is 9.81. The minimum absolute atomic E-state index is 0.0555. The van der Waals surface area contributed by atoms with E-state index in [1.165, 1.54) is 0 Å². The standard InChI is InChI=1S/C24H25N3O3/c1-17(2)23(28)27-21-9-7-20(8-10-21)24(29)26-15-18-5-11-22(12-6-18)30-16-19-4-3-13-25-14-19/h3-14,17H,15-16H2,1-2H3,(H,26,29)(H,27,28). The zero-order valence-electron chi connectivity index (χ0n) is 17.1. The Hall–Kier alpha value is -3.67. The van der Waals surface area contributed by atoms with Crippen molar-refractivity contribution in [3.8, 4) is 5.75 Å². The second-order valence-corrected chi connectivity index (χ2v) is 7.20. The Bertz CT molecular complexity index is 969. The molecule has 6 nitrogen and oxygen atoms in total. The summed E-state index contributed by atoms with van der Waals surface area (Å²) in [7, 11) is 0. The number of nitrogens with one attached hydrogen (secondary N) is 2. The molecule has 30 heavy (non-hydrogen) atoms. The van der Waals surface area contributed by atoms with Crippen molar-refractivity contribution in [3.05, 3.63) is 89.7 Å². The molecule has 0 saturated carbocycles. The molecule has 1 heterocycles. The Morgan fingerprint density at radius 1 is 0.967 bits per heavy atom. The van der Waals surface area contributed by atoms with Crippen molar-refractivity contribution in [2.75, 3.05) is 5.32 Å². The van der Waals surface area contributed by atoms with Crippen molar-refractivity contribution < 1.29 is 14.3 Å². The molecule has 6 heteroatoms. The molecule has 2 amide bonds. The van der Waals surface area contributed by atoms with E-state index in [4.69, 9.17) is 4.74 Å². The van der Waals surface area contributed by atoms with E-state index in [0.717, 1.165) is 16.9 Å². The van der Waals surface area contributed by atoms with Crippen LogP contribution in [0.3, 0.4) is 0 Å². The third kappa shape index (κ3) is 6.17. The molecule has 0 aliphatic carbocycles. The van der Waals surface area contributed by atoms with E-state index in [0.29, 0.717) is 24.4 Å². The molecule has 0 fully saturated rings. The van der Waals surface area contributed by atoms with Crippen LogP contribution < -0.4 is 15.4 Å². The number of pyridine rings is 1. The number of hydrogen-bond acceptors (Lipinski definition) is 4. The van der Waals surface area contributed by atoms with Crippen molar-refractivity contribution in [2.24, 2.45) is 5.92 Å². The van der Waals surface area contributed by atoms with Gasteiger partial charge in [0.15, 0.2) is 0 Å².